The van der Waals surface area contributed by atoms with Gasteiger partial charge in [0.15, 0.2) is 6.61 Å². The van der Waals surface area contributed by atoms with Crippen molar-refractivity contribution in [2.24, 2.45) is 5.73 Å². The number of carbonyl (C=O) groups is 2. The summed E-state index contributed by atoms with van der Waals surface area (Å²) in [6.45, 7) is -0.126. The van der Waals surface area contributed by atoms with Crippen molar-refractivity contribution in [3.8, 4) is 5.75 Å². The Balaban J connectivity index is 1.45. The Morgan fingerprint density at radius 2 is 1.92 bits per heavy atom. The number of rotatable bonds is 5. The van der Waals surface area contributed by atoms with Gasteiger partial charge in [0.25, 0.3) is 11.8 Å². The summed E-state index contributed by atoms with van der Waals surface area (Å²) >= 11 is 1.44. The maximum absolute atomic E-state index is 12.3. The van der Waals surface area contributed by atoms with Gasteiger partial charge in [0.1, 0.15) is 10.8 Å². The highest BCUT2D eigenvalue weighted by Gasteiger charge is 2.26. The van der Waals surface area contributed by atoms with E-state index in [2.05, 4.69) is 5.32 Å². The fourth-order valence-electron chi connectivity index (χ4n) is 3.32. The van der Waals surface area contributed by atoms with Crippen LogP contribution in [0, 0.1) is 0 Å². The van der Waals surface area contributed by atoms with E-state index >= 15 is 0 Å². The number of hydrogen-bond donors (Lipinski definition) is 2. The Kier molecular flexibility index (Phi) is 4.34. The average molecular weight is 366 g/mol. The van der Waals surface area contributed by atoms with E-state index in [0.29, 0.717) is 16.3 Å². The van der Waals surface area contributed by atoms with Gasteiger partial charge in [-0.3, -0.25) is 9.59 Å². The lowest BCUT2D eigenvalue weighted by Gasteiger charge is -2.09. The Morgan fingerprint density at radius 3 is 2.73 bits per heavy atom. The zero-order valence-electron chi connectivity index (χ0n) is 14.1. The van der Waals surface area contributed by atoms with Gasteiger partial charge in [0, 0.05) is 4.88 Å². The van der Waals surface area contributed by atoms with Crippen molar-refractivity contribution in [3.63, 3.8) is 0 Å². The van der Waals surface area contributed by atoms with Crippen LogP contribution in [0.5, 0.6) is 5.75 Å². The van der Waals surface area contributed by atoms with Gasteiger partial charge in [-0.1, -0.05) is 30.3 Å². The first kappa shape index (κ1) is 16.6. The third-order valence-corrected chi connectivity index (χ3v) is 5.72. The molecule has 132 valence electrons. The minimum absolute atomic E-state index is 0.126. The molecule has 3 N–H and O–H groups in total. The van der Waals surface area contributed by atoms with E-state index < -0.39 is 5.91 Å². The number of amides is 2. The van der Waals surface area contributed by atoms with Gasteiger partial charge < -0.3 is 15.8 Å². The molecule has 1 aromatic heterocycles. The van der Waals surface area contributed by atoms with Crippen molar-refractivity contribution < 1.29 is 14.3 Å². The molecule has 0 fully saturated rings. The number of hydrogen-bond acceptors (Lipinski definition) is 4. The van der Waals surface area contributed by atoms with Crippen LogP contribution in [0.4, 0.5) is 5.00 Å². The predicted octanol–water partition coefficient (Wildman–Crippen LogP) is 3.51. The zero-order valence-corrected chi connectivity index (χ0v) is 14.9. The van der Waals surface area contributed by atoms with Crippen molar-refractivity contribution in [2.45, 2.75) is 19.3 Å². The van der Waals surface area contributed by atoms with Crippen LogP contribution in [0.15, 0.2) is 42.5 Å². The van der Waals surface area contributed by atoms with Gasteiger partial charge in [-0.05, 0) is 47.7 Å². The van der Waals surface area contributed by atoms with E-state index in [1.807, 2.05) is 42.5 Å². The van der Waals surface area contributed by atoms with Crippen LogP contribution in [-0.4, -0.2) is 18.4 Å². The average Bonchev–Trinajstić information content (AvgIpc) is 3.20. The van der Waals surface area contributed by atoms with E-state index in [1.165, 1.54) is 11.3 Å². The van der Waals surface area contributed by atoms with E-state index in [4.69, 9.17) is 10.5 Å². The molecule has 0 saturated carbocycles. The van der Waals surface area contributed by atoms with Crippen LogP contribution in [0.25, 0.3) is 10.8 Å². The molecule has 1 aliphatic rings. The van der Waals surface area contributed by atoms with Crippen molar-refractivity contribution >= 4 is 38.9 Å². The van der Waals surface area contributed by atoms with Crippen LogP contribution < -0.4 is 15.8 Å². The molecule has 0 aliphatic heterocycles. The van der Waals surface area contributed by atoms with Crippen LogP contribution in [-0.2, 0) is 17.6 Å². The molecule has 2 aromatic carbocycles. The van der Waals surface area contributed by atoms with Gasteiger partial charge in [0.05, 0.1) is 5.56 Å². The summed E-state index contributed by atoms with van der Waals surface area (Å²) in [4.78, 5) is 25.2. The zero-order chi connectivity index (χ0) is 18.1. The highest BCUT2D eigenvalue weighted by Crippen LogP contribution is 2.38. The summed E-state index contributed by atoms with van der Waals surface area (Å²) in [6, 6.07) is 13.6. The first-order valence-electron chi connectivity index (χ1n) is 8.47. The topological polar surface area (TPSA) is 81.4 Å². The molecule has 5 nitrogen and oxygen atoms in total. The van der Waals surface area contributed by atoms with E-state index in [0.717, 1.165) is 40.5 Å². The lowest BCUT2D eigenvalue weighted by Crippen LogP contribution is -2.22. The highest BCUT2D eigenvalue weighted by molar-refractivity contribution is 7.17. The standard InChI is InChI=1S/C20H18N2O3S/c21-19(24)18-15-6-3-7-16(15)26-20(18)22-17(23)11-25-14-9-8-12-4-1-2-5-13(12)10-14/h1-2,4-5,8-10H,3,6-7,11H2,(H2,21,24)(H,22,23). The monoisotopic (exact) mass is 366 g/mol. The number of primary amides is 1. The minimum atomic E-state index is -0.491. The number of carbonyl (C=O) groups excluding carboxylic acids is 2. The summed E-state index contributed by atoms with van der Waals surface area (Å²) in [5.74, 6) is -0.168. The van der Waals surface area contributed by atoms with Gasteiger partial charge in [-0.25, -0.2) is 0 Å². The first-order chi connectivity index (χ1) is 12.6. The number of anilines is 1. The molecule has 2 amide bonds. The lowest BCUT2D eigenvalue weighted by molar-refractivity contribution is -0.118. The molecule has 0 bridgehead atoms. The fourth-order valence-corrected chi connectivity index (χ4v) is 4.63. The predicted molar refractivity (Wildman–Crippen MR) is 103 cm³/mol. The van der Waals surface area contributed by atoms with E-state index in [9.17, 15) is 9.59 Å². The summed E-state index contributed by atoms with van der Waals surface area (Å²) in [7, 11) is 0. The normalized spacial score (nSPS) is 12.8. The molecule has 0 saturated heterocycles. The SMILES string of the molecule is NC(=O)c1c(NC(=O)COc2ccc3ccccc3c2)sc2c1CCC2. The molecule has 0 unspecified atom stereocenters. The fraction of sp³-hybridized carbons (Fsp3) is 0.200. The maximum Gasteiger partial charge on any atom is 0.262 e. The Bertz CT molecular complexity index is 1010. The van der Waals surface area contributed by atoms with Crippen molar-refractivity contribution in [3.05, 3.63) is 58.5 Å². The van der Waals surface area contributed by atoms with Crippen molar-refractivity contribution in [1.82, 2.24) is 0 Å². The van der Waals surface area contributed by atoms with Crippen LogP contribution >= 0.6 is 11.3 Å². The van der Waals surface area contributed by atoms with Crippen molar-refractivity contribution in [1.29, 1.82) is 0 Å². The second-order valence-corrected chi connectivity index (χ2v) is 7.38. The molecule has 1 aliphatic carbocycles. The molecule has 26 heavy (non-hydrogen) atoms. The largest absolute Gasteiger partial charge is 0.484 e. The quantitative estimate of drug-likeness (QED) is 0.725. The Morgan fingerprint density at radius 1 is 1.12 bits per heavy atom. The molecule has 4 rings (SSSR count). The summed E-state index contributed by atoms with van der Waals surface area (Å²) in [5, 5.41) is 5.49. The number of benzene rings is 2. The third-order valence-electron chi connectivity index (χ3n) is 4.51. The van der Waals surface area contributed by atoms with Crippen LogP contribution in [0.2, 0.25) is 0 Å². The van der Waals surface area contributed by atoms with Crippen LogP contribution in [0.1, 0.15) is 27.2 Å². The molecule has 0 spiro atoms. The van der Waals surface area contributed by atoms with Gasteiger partial charge in [0.2, 0.25) is 0 Å². The molecular weight excluding hydrogens is 348 g/mol. The van der Waals surface area contributed by atoms with Gasteiger partial charge in [-0.2, -0.15) is 0 Å². The summed E-state index contributed by atoms with van der Waals surface area (Å²) < 4.78 is 5.60. The number of nitrogens with two attached hydrogens (primary N) is 1. The molecule has 6 heteroatoms. The Labute approximate surface area is 154 Å². The molecular formula is C20H18N2O3S. The van der Waals surface area contributed by atoms with Gasteiger partial charge in [-0.15, -0.1) is 11.3 Å². The second kappa shape index (κ2) is 6.80. The molecule has 0 atom stereocenters. The highest BCUT2D eigenvalue weighted by atomic mass is 32.1. The summed E-state index contributed by atoms with van der Waals surface area (Å²) in [6.07, 6.45) is 2.80. The number of thiophene rings is 1. The smallest absolute Gasteiger partial charge is 0.262 e. The van der Waals surface area contributed by atoms with Crippen molar-refractivity contribution in [2.75, 3.05) is 11.9 Å². The molecule has 1 heterocycles. The van der Waals surface area contributed by atoms with E-state index in [-0.39, 0.29) is 12.5 Å². The van der Waals surface area contributed by atoms with Crippen LogP contribution in [0.3, 0.4) is 0 Å². The summed E-state index contributed by atoms with van der Waals surface area (Å²) in [5.41, 5.74) is 6.96. The Hall–Kier alpha value is -2.86. The number of nitrogens with one attached hydrogen (secondary N) is 1. The molecule has 3 aromatic rings. The molecule has 0 radical (unpaired) electrons. The first-order valence-corrected chi connectivity index (χ1v) is 9.29. The number of aryl methyl sites for hydroxylation is 1. The second-order valence-electron chi connectivity index (χ2n) is 6.27. The maximum atomic E-state index is 12.3. The number of ether oxygens (including phenoxy) is 1. The van der Waals surface area contributed by atoms with E-state index in [1.54, 1.807) is 0 Å². The lowest BCUT2D eigenvalue weighted by atomic mass is 10.1. The number of fused-ring (bicyclic) bond motifs is 2. The minimum Gasteiger partial charge on any atom is -0.484 e. The van der Waals surface area contributed by atoms with Gasteiger partial charge >= 0.3 is 0 Å². The third kappa shape index (κ3) is 3.15.